The summed E-state index contributed by atoms with van der Waals surface area (Å²) in [6, 6.07) is 10.3. The third-order valence-corrected chi connectivity index (χ3v) is 4.33. The Hall–Kier alpha value is -2.51. The summed E-state index contributed by atoms with van der Waals surface area (Å²) in [6.07, 6.45) is -0.233. The van der Waals surface area contributed by atoms with Gasteiger partial charge in [0.15, 0.2) is 0 Å². The third-order valence-electron chi connectivity index (χ3n) is 4.33. The SMILES string of the molecule is Cc1nnc([C@H]2CN(Cc3ccc(-c4ccccc4F)o3)C[C@@H](C)O2)o1. The Balaban J connectivity index is 1.48. The van der Waals surface area contributed by atoms with Crippen molar-refractivity contribution >= 4 is 0 Å². The lowest BCUT2D eigenvalue weighted by Gasteiger charge is -2.34. The molecule has 1 aliphatic rings. The molecule has 26 heavy (non-hydrogen) atoms. The van der Waals surface area contributed by atoms with E-state index in [9.17, 15) is 4.39 Å². The number of aromatic nitrogens is 2. The number of nitrogens with zero attached hydrogens (tertiary/aromatic N) is 3. The third kappa shape index (κ3) is 3.54. The molecule has 136 valence electrons. The van der Waals surface area contributed by atoms with Gasteiger partial charge in [-0.3, -0.25) is 4.90 Å². The molecule has 0 N–H and O–H groups in total. The Morgan fingerprint density at radius 3 is 2.73 bits per heavy atom. The van der Waals surface area contributed by atoms with Gasteiger partial charge < -0.3 is 13.6 Å². The van der Waals surface area contributed by atoms with Crippen LogP contribution < -0.4 is 0 Å². The maximum atomic E-state index is 13.9. The highest BCUT2D eigenvalue weighted by atomic mass is 19.1. The summed E-state index contributed by atoms with van der Waals surface area (Å²) < 4.78 is 31.2. The summed E-state index contributed by atoms with van der Waals surface area (Å²) in [4.78, 5) is 2.21. The van der Waals surface area contributed by atoms with Crippen LogP contribution in [-0.2, 0) is 11.3 Å². The second-order valence-electron chi connectivity index (χ2n) is 6.53. The second-order valence-corrected chi connectivity index (χ2v) is 6.53. The second kappa shape index (κ2) is 7.01. The van der Waals surface area contributed by atoms with Crippen molar-refractivity contribution < 1.29 is 18.0 Å². The Labute approximate surface area is 150 Å². The van der Waals surface area contributed by atoms with Crippen molar-refractivity contribution in [2.45, 2.75) is 32.6 Å². The highest BCUT2D eigenvalue weighted by molar-refractivity contribution is 5.58. The van der Waals surface area contributed by atoms with E-state index >= 15 is 0 Å². The minimum absolute atomic E-state index is 0.0296. The summed E-state index contributed by atoms with van der Waals surface area (Å²) in [5.41, 5.74) is 0.466. The molecule has 0 unspecified atom stereocenters. The first-order valence-corrected chi connectivity index (χ1v) is 8.60. The fraction of sp³-hybridized carbons (Fsp3) is 0.368. The monoisotopic (exact) mass is 357 g/mol. The molecule has 0 amide bonds. The molecule has 2 aromatic heterocycles. The van der Waals surface area contributed by atoms with Gasteiger partial charge in [0, 0.05) is 20.0 Å². The predicted molar refractivity (Wildman–Crippen MR) is 91.7 cm³/mol. The lowest BCUT2D eigenvalue weighted by Crippen LogP contribution is -2.42. The van der Waals surface area contributed by atoms with Crippen molar-refractivity contribution in [2.24, 2.45) is 0 Å². The summed E-state index contributed by atoms with van der Waals surface area (Å²) in [5, 5.41) is 7.94. The first kappa shape index (κ1) is 16.9. The molecule has 0 bridgehead atoms. The lowest BCUT2D eigenvalue weighted by atomic mass is 10.1. The largest absolute Gasteiger partial charge is 0.460 e. The Kier molecular flexibility index (Phi) is 4.57. The molecule has 7 heteroatoms. The zero-order chi connectivity index (χ0) is 18.1. The van der Waals surface area contributed by atoms with E-state index in [2.05, 4.69) is 15.1 Å². The van der Waals surface area contributed by atoms with E-state index in [0.717, 1.165) is 12.3 Å². The topological polar surface area (TPSA) is 64.5 Å². The molecule has 1 saturated heterocycles. The first-order chi connectivity index (χ1) is 12.6. The van der Waals surface area contributed by atoms with Crippen LogP contribution in [0.5, 0.6) is 0 Å². The standard InChI is InChI=1S/C19H20FN3O3/c1-12-9-23(11-18(24-12)19-22-21-13(2)25-19)10-14-7-8-17(26-14)15-5-3-4-6-16(15)20/h3-8,12,18H,9-11H2,1-2H3/t12-,18-/m1/s1. The number of halogens is 1. The number of hydrogen-bond acceptors (Lipinski definition) is 6. The fourth-order valence-corrected chi connectivity index (χ4v) is 3.24. The van der Waals surface area contributed by atoms with Crippen LogP contribution in [0.3, 0.4) is 0 Å². The van der Waals surface area contributed by atoms with Crippen LogP contribution in [0.15, 0.2) is 45.2 Å². The van der Waals surface area contributed by atoms with Crippen LogP contribution in [0.4, 0.5) is 4.39 Å². The van der Waals surface area contributed by atoms with Crippen LogP contribution >= 0.6 is 0 Å². The summed E-state index contributed by atoms with van der Waals surface area (Å²) >= 11 is 0. The molecule has 2 atom stereocenters. The Morgan fingerprint density at radius 1 is 1.12 bits per heavy atom. The molecule has 6 nitrogen and oxygen atoms in total. The molecule has 3 heterocycles. The molecular weight excluding hydrogens is 337 g/mol. The zero-order valence-electron chi connectivity index (χ0n) is 14.7. The number of aryl methyl sites for hydroxylation is 1. The van der Waals surface area contributed by atoms with E-state index in [0.29, 0.717) is 36.2 Å². The van der Waals surface area contributed by atoms with Crippen molar-refractivity contribution in [1.29, 1.82) is 0 Å². The van der Waals surface area contributed by atoms with Crippen molar-refractivity contribution in [1.82, 2.24) is 15.1 Å². The number of benzene rings is 1. The highest BCUT2D eigenvalue weighted by Gasteiger charge is 2.30. The summed E-state index contributed by atoms with van der Waals surface area (Å²) in [5.74, 6) is 2.03. The number of rotatable bonds is 4. The Morgan fingerprint density at radius 2 is 1.96 bits per heavy atom. The fourth-order valence-electron chi connectivity index (χ4n) is 3.24. The van der Waals surface area contributed by atoms with Gasteiger partial charge in [-0.15, -0.1) is 10.2 Å². The van der Waals surface area contributed by atoms with Gasteiger partial charge in [0.25, 0.3) is 0 Å². The number of ether oxygens (including phenoxy) is 1. The van der Waals surface area contributed by atoms with Crippen molar-refractivity contribution in [3.63, 3.8) is 0 Å². The normalized spacial score (nSPS) is 21.2. The highest BCUT2D eigenvalue weighted by Crippen LogP contribution is 2.28. The molecular formula is C19H20FN3O3. The molecule has 1 aliphatic heterocycles. The molecule has 3 aromatic rings. The number of furan rings is 1. The predicted octanol–water partition coefficient (Wildman–Crippen LogP) is 3.74. The average molecular weight is 357 g/mol. The van der Waals surface area contributed by atoms with Gasteiger partial charge in [0.05, 0.1) is 18.2 Å². The minimum Gasteiger partial charge on any atom is -0.460 e. The van der Waals surface area contributed by atoms with E-state index in [4.69, 9.17) is 13.6 Å². The van der Waals surface area contributed by atoms with Gasteiger partial charge >= 0.3 is 0 Å². The van der Waals surface area contributed by atoms with Crippen LogP contribution in [0.1, 0.15) is 30.6 Å². The van der Waals surface area contributed by atoms with Gasteiger partial charge in [0.1, 0.15) is 23.4 Å². The quantitative estimate of drug-likeness (QED) is 0.709. The van der Waals surface area contributed by atoms with Crippen molar-refractivity contribution in [3.05, 3.63) is 59.8 Å². The van der Waals surface area contributed by atoms with Gasteiger partial charge in [-0.05, 0) is 31.2 Å². The van der Waals surface area contributed by atoms with E-state index in [1.165, 1.54) is 6.07 Å². The van der Waals surface area contributed by atoms with E-state index in [1.54, 1.807) is 31.2 Å². The molecule has 0 saturated carbocycles. The number of hydrogen-bond donors (Lipinski definition) is 0. The first-order valence-electron chi connectivity index (χ1n) is 8.60. The molecule has 1 aromatic carbocycles. The maximum absolute atomic E-state index is 13.9. The smallest absolute Gasteiger partial charge is 0.246 e. The Bertz CT molecular complexity index is 892. The summed E-state index contributed by atoms with van der Waals surface area (Å²) in [7, 11) is 0. The van der Waals surface area contributed by atoms with Crippen LogP contribution in [0.25, 0.3) is 11.3 Å². The average Bonchev–Trinajstić information content (AvgIpc) is 3.24. The van der Waals surface area contributed by atoms with Gasteiger partial charge in [-0.1, -0.05) is 12.1 Å². The molecule has 4 rings (SSSR count). The van der Waals surface area contributed by atoms with Gasteiger partial charge in [-0.25, -0.2) is 4.39 Å². The van der Waals surface area contributed by atoms with E-state index < -0.39 is 0 Å². The molecule has 1 fully saturated rings. The van der Waals surface area contributed by atoms with Crippen molar-refractivity contribution in [2.75, 3.05) is 13.1 Å². The molecule has 0 spiro atoms. The minimum atomic E-state index is -0.291. The maximum Gasteiger partial charge on any atom is 0.246 e. The van der Waals surface area contributed by atoms with Gasteiger partial charge in [0.2, 0.25) is 11.8 Å². The number of morpholine rings is 1. The van der Waals surface area contributed by atoms with Gasteiger partial charge in [-0.2, -0.15) is 0 Å². The van der Waals surface area contributed by atoms with E-state index in [-0.39, 0.29) is 18.0 Å². The van der Waals surface area contributed by atoms with Crippen LogP contribution in [-0.4, -0.2) is 34.3 Å². The van der Waals surface area contributed by atoms with Crippen LogP contribution in [0.2, 0.25) is 0 Å². The molecule has 0 radical (unpaired) electrons. The van der Waals surface area contributed by atoms with E-state index in [1.807, 2.05) is 13.0 Å². The zero-order valence-corrected chi connectivity index (χ0v) is 14.7. The van der Waals surface area contributed by atoms with Crippen LogP contribution in [0, 0.1) is 12.7 Å². The molecule has 0 aliphatic carbocycles. The van der Waals surface area contributed by atoms with Crippen molar-refractivity contribution in [3.8, 4) is 11.3 Å². The summed E-state index contributed by atoms with van der Waals surface area (Å²) in [6.45, 7) is 5.76. The lowest BCUT2D eigenvalue weighted by molar-refractivity contribution is -0.0929.